The largest absolute Gasteiger partial charge is 0.348 e. The summed E-state index contributed by atoms with van der Waals surface area (Å²) >= 11 is 0. The molecule has 22 heavy (non-hydrogen) atoms. The van der Waals surface area contributed by atoms with Gasteiger partial charge in [-0.2, -0.15) is 0 Å². The van der Waals surface area contributed by atoms with Gasteiger partial charge in [-0.1, -0.05) is 0 Å². The number of carbonyl (C=O) groups is 1. The Kier molecular flexibility index (Phi) is 8.21. The average molecular weight is 349 g/mol. The van der Waals surface area contributed by atoms with Crippen molar-refractivity contribution in [3.63, 3.8) is 0 Å². The van der Waals surface area contributed by atoms with E-state index in [4.69, 9.17) is 0 Å². The molecule has 2 N–H and O–H groups in total. The highest BCUT2D eigenvalue weighted by molar-refractivity contribution is 5.85. The predicted molar refractivity (Wildman–Crippen MR) is 91.8 cm³/mol. The quantitative estimate of drug-likeness (QED) is 0.877. The van der Waals surface area contributed by atoms with Crippen molar-refractivity contribution >= 4 is 30.7 Å². The predicted octanol–water partition coefficient (Wildman–Crippen LogP) is 2.35. The molecule has 2 fully saturated rings. The molecule has 0 bridgehead atoms. The standard InChI is InChI=1S/C15H24N4O.2ClH/c20-14(4-3-12-5-6-16-10-12)19-9-1-2-13(11-19)15-17-7-8-18-15;;/h7-8,12-13,16H,1-6,9-11H2,(H,17,18);2*1H. The van der Waals surface area contributed by atoms with Gasteiger partial charge in [-0.05, 0) is 44.7 Å². The molecule has 126 valence electrons. The minimum Gasteiger partial charge on any atom is -0.348 e. The van der Waals surface area contributed by atoms with E-state index in [2.05, 4.69) is 15.3 Å². The maximum Gasteiger partial charge on any atom is 0.222 e. The molecule has 5 nitrogen and oxygen atoms in total. The van der Waals surface area contributed by atoms with Gasteiger partial charge in [-0.15, -0.1) is 24.8 Å². The highest BCUT2D eigenvalue weighted by atomic mass is 35.5. The minimum atomic E-state index is 0. The molecule has 7 heteroatoms. The van der Waals surface area contributed by atoms with E-state index in [1.54, 1.807) is 6.20 Å². The SMILES string of the molecule is Cl.Cl.O=C(CCC1CCNC1)N1CCCC(c2ncc[nH]2)C1. The van der Waals surface area contributed by atoms with Gasteiger partial charge < -0.3 is 15.2 Å². The van der Waals surface area contributed by atoms with Crippen molar-refractivity contribution < 1.29 is 4.79 Å². The molecule has 2 atom stereocenters. The van der Waals surface area contributed by atoms with Crippen molar-refractivity contribution in [3.8, 4) is 0 Å². The normalized spacial score (nSPS) is 24.5. The van der Waals surface area contributed by atoms with E-state index in [1.807, 2.05) is 11.1 Å². The lowest BCUT2D eigenvalue weighted by Crippen LogP contribution is -2.39. The number of amides is 1. The van der Waals surface area contributed by atoms with Gasteiger partial charge in [0.1, 0.15) is 5.82 Å². The van der Waals surface area contributed by atoms with Gasteiger partial charge in [0.25, 0.3) is 0 Å². The summed E-state index contributed by atoms with van der Waals surface area (Å²) < 4.78 is 0. The molecule has 0 radical (unpaired) electrons. The fourth-order valence-electron chi connectivity index (χ4n) is 3.37. The van der Waals surface area contributed by atoms with Gasteiger partial charge in [-0.3, -0.25) is 4.79 Å². The van der Waals surface area contributed by atoms with Crippen LogP contribution in [0.2, 0.25) is 0 Å². The van der Waals surface area contributed by atoms with Gasteiger partial charge in [0.2, 0.25) is 5.91 Å². The van der Waals surface area contributed by atoms with E-state index in [1.165, 1.54) is 6.42 Å². The highest BCUT2D eigenvalue weighted by Gasteiger charge is 2.26. The number of nitrogens with one attached hydrogen (secondary N) is 2. The van der Waals surface area contributed by atoms with Crippen molar-refractivity contribution in [1.82, 2.24) is 20.2 Å². The summed E-state index contributed by atoms with van der Waals surface area (Å²) in [5.41, 5.74) is 0. The molecule has 0 aromatic carbocycles. The Balaban J connectivity index is 0.00000121. The Bertz CT molecular complexity index is 435. The summed E-state index contributed by atoms with van der Waals surface area (Å²) in [7, 11) is 0. The van der Waals surface area contributed by atoms with Crippen LogP contribution in [0.4, 0.5) is 0 Å². The molecule has 0 aliphatic carbocycles. The second-order valence-electron chi connectivity index (χ2n) is 6.05. The maximum atomic E-state index is 12.3. The molecule has 2 aliphatic rings. The third-order valence-electron chi connectivity index (χ3n) is 4.61. The zero-order chi connectivity index (χ0) is 13.8. The van der Waals surface area contributed by atoms with E-state index < -0.39 is 0 Å². The van der Waals surface area contributed by atoms with E-state index >= 15 is 0 Å². The lowest BCUT2D eigenvalue weighted by molar-refractivity contribution is -0.132. The first-order chi connectivity index (χ1) is 9.83. The van der Waals surface area contributed by atoms with Crippen LogP contribution in [0.1, 0.15) is 43.8 Å². The molecule has 2 saturated heterocycles. The zero-order valence-electron chi connectivity index (χ0n) is 12.8. The lowest BCUT2D eigenvalue weighted by Gasteiger charge is -2.32. The van der Waals surface area contributed by atoms with E-state index in [0.717, 1.165) is 51.3 Å². The molecule has 3 heterocycles. The first-order valence-electron chi connectivity index (χ1n) is 7.80. The maximum absolute atomic E-state index is 12.3. The molecular weight excluding hydrogens is 323 g/mol. The summed E-state index contributed by atoms with van der Waals surface area (Å²) in [4.78, 5) is 21.9. The molecule has 2 unspecified atom stereocenters. The van der Waals surface area contributed by atoms with Gasteiger partial charge in [-0.25, -0.2) is 4.98 Å². The summed E-state index contributed by atoms with van der Waals surface area (Å²) in [5, 5.41) is 3.36. The third kappa shape index (κ3) is 4.86. The Morgan fingerprint density at radius 1 is 1.36 bits per heavy atom. The number of rotatable bonds is 4. The smallest absolute Gasteiger partial charge is 0.222 e. The third-order valence-corrected chi connectivity index (χ3v) is 4.61. The lowest BCUT2D eigenvalue weighted by atomic mass is 9.96. The molecule has 3 rings (SSSR count). The number of likely N-dealkylation sites (tertiary alicyclic amines) is 1. The first-order valence-corrected chi connectivity index (χ1v) is 7.80. The average Bonchev–Trinajstić information content (AvgIpc) is 3.18. The number of carbonyl (C=O) groups excluding carboxylic acids is 1. The van der Waals surface area contributed by atoms with Crippen LogP contribution < -0.4 is 5.32 Å². The topological polar surface area (TPSA) is 61.0 Å². The van der Waals surface area contributed by atoms with Gasteiger partial charge in [0.05, 0.1) is 0 Å². The Hall–Kier alpha value is -0.780. The monoisotopic (exact) mass is 348 g/mol. The Morgan fingerprint density at radius 3 is 2.91 bits per heavy atom. The molecule has 2 aliphatic heterocycles. The van der Waals surface area contributed by atoms with Gasteiger partial charge >= 0.3 is 0 Å². The fraction of sp³-hybridized carbons (Fsp3) is 0.733. The second kappa shape index (κ2) is 9.38. The first kappa shape index (κ1) is 19.3. The number of aromatic nitrogens is 2. The molecule has 1 aromatic heterocycles. The van der Waals surface area contributed by atoms with E-state index in [-0.39, 0.29) is 24.8 Å². The number of aromatic amines is 1. The minimum absolute atomic E-state index is 0. The number of halogens is 2. The van der Waals surface area contributed by atoms with Crippen LogP contribution in [-0.4, -0.2) is 47.0 Å². The van der Waals surface area contributed by atoms with Crippen LogP contribution in [0, 0.1) is 5.92 Å². The van der Waals surface area contributed by atoms with Crippen molar-refractivity contribution in [3.05, 3.63) is 18.2 Å². The number of piperidine rings is 1. The van der Waals surface area contributed by atoms with Crippen LogP contribution in [0.15, 0.2) is 12.4 Å². The second-order valence-corrected chi connectivity index (χ2v) is 6.05. The molecule has 0 saturated carbocycles. The van der Waals surface area contributed by atoms with Crippen LogP contribution in [0.5, 0.6) is 0 Å². The zero-order valence-corrected chi connectivity index (χ0v) is 14.4. The van der Waals surface area contributed by atoms with Crippen molar-refractivity contribution in [2.75, 3.05) is 26.2 Å². The number of nitrogens with zero attached hydrogens (tertiary/aromatic N) is 2. The van der Waals surface area contributed by atoms with Crippen LogP contribution in [-0.2, 0) is 4.79 Å². The number of hydrogen-bond acceptors (Lipinski definition) is 3. The Labute approximate surface area is 144 Å². The van der Waals surface area contributed by atoms with Crippen molar-refractivity contribution in [2.24, 2.45) is 5.92 Å². The van der Waals surface area contributed by atoms with Gasteiger partial charge in [0.15, 0.2) is 0 Å². The number of imidazole rings is 1. The fourth-order valence-corrected chi connectivity index (χ4v) is 3.37. The summed E-state index contributed by atoms with van der Waals surface area (Å²) in [5.74, 6) is 2.44. The summed E-state index contributed by atoms with van der Waals surface area (Å²) in [6, 6.07) is 0. The Morgan fingerprint density at radius 2 is 2.23 bits per heavy atom. The molecule has 1 amide bonds. The van der Waals surface area contributed by atoms with E-state index in [0.29, 0.717) is 24.2 Å². The van der Waals surface area contributed by atoms with Gasteiger partial charge in [0, 0.05) is 37.8 Å². The molecule has 0 spiro atoms. The number of H-pyrrole nitrogens is 1. The van der Waals surface area contributed by atoms with Crippen LogP contribution in [0.3, 0.4) is 0 Å². The van der Waals surface area contributed by atoms with E-state index in [9.17, 15) is 4.79 Å². The van der Waals surface area contributed by atoms with Crippen molar-refractivity contribution in [1.29, 1.82) is 0 Å². The van der Waals surface area contributed by atoms with Crippen molar-refractivity contribution in [2.45, 2.75) is 38.0 Å². The molecule has 1 aromatic rings. The van der Waals surface area contributed by atoms with Crippen LogP contribution in [0.25, 0.3) is 0 Å². The molecular formula is C15H26Cl2N4O. The highest BCUT2D eigenvalue weighted by Crippen LogP contribution is 2.25. The van der Waals surface area contributed by atoms with Crippen LogP contribution >= 0.6 is 24.8 Å². The number of hydrogen-bond donors (Lipinski definition) is 2. The summed E-state index contributed by atoms with van der Waals surface area (Å²) in [6.07, 6.45) is 8.84. The summed E-state index contributed by atoms with van der Waals surface area (Å²) in [6.45, 7) is 3.94.